The maximum Gasteiger partial charge on any atom is 0.242 e. The number of anilines is 1. The molecule has 2 aliphatic heterocycles. The Bertz CT molecular complexity index is 536. The van der Waals surface area contributed by atoms with Crippen LogP contribution in [0.15, 0.2) is 24.3 Å². The molecule has 1 aromatic carbocycles. The second-order valence-corrected chi connectivity index (χ2v) is 4.95. The van der Waals surface area contributed by atoms with Crippen LogP contribution in [-0.4, -0.2) is 49.6 Å². The first-order valence-corrected chi connectivity index (χ1v) is 6.54. The van der Waals surface area contributed by atoms with Crippen molar-refractivity contribution < 1.29 is 4.79 Å². The molecule has 0 spiro atoms. The number of nitrogens with zero attached hydrogens (tertiary/aromatic N) is 3. The van der Waals surface area contributed by atoms with Gasteiger partial charge in [0.1, 0.15) is 6.07 Å². The predicted octanol–water partition coefficient (Wildman–Crippen LogP) is 0.179. The third-order valence-corrected chi connectivity index (χ3v) is 3.79. The highest BCUT2D eigenvalue weighted by atomic mass is 16.2. The molecule has 1 amide bonds. The van der Waals surface area contributed by atoms with Crippen molar-refractivity contribution in [2.24, 2.45) is 0 Å². The Labute approximate surface area is 112 Å². The van der Waals surface area contributed by atoms with Gasteiger partial charge < -0.3 is 15.1 Å². The SMILES string of the molecule is N#Cc1ccccc1N1CC(=O)N2CCNCC2C1. The molecule has 0 saturated carbocycles. The number of piperazine rings is 2. The number of para-hydroxylation sites is 1. The van der Waals surface area contributed by atoms with Crippen LogP contribution in [0, 0.1) is 11.3 Å². The molecule has 0 aliphatic carbocycles. The van der Waals surface area contributed by atoms with Crippen molar-refractivity contribution in [2.75, 3.05) is 37.6 Å². The smallest absolute Gasteiger partial charge is 0.242 e. The quantitative estimate of drug-likeness (QED) is 0.778. The second kappa shape index (κ2) is 4.90. The van der Waals surface area contributed by atoms with Gasteiger partial charge in [-0.3, -0.25) is 4.79 Å². The van der Waals surface area contributed by atoms with Crippen molar-refractivity contribution in [1.82, 2.24) is 10.2 Å². The first-order chi connectivity index (χ1) is 9.29. The summed E-state index contributed by atoms with van der Waals surface area (Å²) in [5.74, 6) is 0.158. The lowest BCUT2D eigenvalue weighted by Crippen LogP contribution is -2.63. The average molecular weight is 256 g/mol. The van der Waals surface area contributed by atoms with Gasteiger partial charge in [0, 0.05) is 26.2 Å². The molecule has 0 radical (unpaired) electrons. The first-order valence-electron chi connectivity index (χ1n) is 6.54. The number of hydrogen-bond donors (Lipinski definition) is 1. The molecule has 2 heterocycles. The Morgan fingerprint density at radius 2 is 2.21 bits per heavy atom. The number of hydrogen-bond acceptors (Lipinski definition) is 4. The molecule has 2 aliphatic rings. The zero-order chi connectivity index (χ0) is 13.2. The van der Waals surface area contributed by atoms with E-state index in [-0.39, 0.29) is 11.9 Å². The highest BCUT2D eigenvalue weighted by molar-refractivity contribution is 5.84. The lowest BCUT2D eigenvalue weighted by molar-refractivity contribution is -0.134. The molecule has 0 aromatic heterocycles. The third kappa shape index (κ3) is 2.15. The lowest BCUT2D eigenvalue weighted by Gasteiger charge is -2.44. The molecule has 98 valence electrons. The standard InChI is InChI=1S/C14H16N4O/c15-7-11-3-1-2-4-13(11)17-9-12-8-16-5-6-18(12)14(19)10-17/h1-4,12,16H,5-6,8-10H2. The minimum atomic E-state index is 0.158. The van der Waals surface area contributed by atoms with Crippen molar-refractivity contribution in [3.63, 3.8) is 0 Å². The van der Waals surface area contributed by atoms with Crippen LogP contribution in [0.1, 0.15) is 5.56 Å². The highest BCUT2D eigenvalue weighted by Crippen LogP contribution is 2.23. The van der Waals surface area contributed by atoms with Crippen molar-refractivity contribution in [1.29, 1.82) is 5.26 Å². The van der Waals surface area contributed by atoms with E-state index < -0.39 is 0 Å². The summed E-state index contributed by atoms with van der Waals surface area (Å²) in [7, 11) is 0. The summed E-state index contributed by atoms with van der Waals surface area (Å²) in [6.45, 7) is 3.65. The summed E-state index contributed by atoms with van der Waals surface area (Å²) in [5.41, 5.74) is 1.50. The summed E-state index contributed by atoms with van der Waals surface area (Å²) in [5, 5.41) is 12.5. The van der Waals surface area contributed by atoms with E-state index in [4.69, 9.17) is 5.26 Å². The zero-order valence-corrected chi connectivity index (χ0v) is 10.7. The number of carbonyl (C=O) groups excluding carboxylic acids is 1. The van der Waals surface area contributed by atoms with Crippen molar-refractivity contribution in [2.45, 2.75) is 6.04 Å². The van der Waals surface area contributed by atoms with Gasteiger partial charge in [-0.25, -0.2) is 0 Å². The molecule has 1 N–H and O–H groups in total. The predicted molar refractivity (Wildman–Crippen MR) is 71.7 cm³/mol. The monoisotopic (exact) mass is 256 g/mol. The summed E-state index contributed by atoms with van der Waals surface area (Å²) in [4.78, 5) is 16.2. The van der Waals surface area contributed by atoms with E-state index in [1.807, 2.05) is 28.0 Å². The zero-order valence-electron chi connectivity index (χ0n) is 10.7. The van der Waals surface area contributed by atoms with Gasteiger partial charge in [0.2, 0.25) is 5.91 Å². The molecule has 5 heteroatoms. The van der Waals surface area contributed by atoms with Gasteiger partial charge in [-0.15, -0.1) is 0 Å². The number of nitrogens with one attached hydrogen (secondary N) is 1. The number of fused-ring (bicyclic) bond motifs is 1. The molecule has 3 rings (SSSR count). The van der Waals surface area contributed by atoms with E-state index in [0.29, 0.717) is 12.1 Å². The van der Waals surface area contributed by atoms with Gasteiger partial charge in [-0.05, 0) is 12.1 Å². The molecule has 1 aromatic rings. The van der Waals surface area contributed by atoms with Crippen LogP contribution in [0.5, 0.6) is 0 Å². The Kier molecular flexibility index (Phi) is 3.10. The van der Waals surface area contributed by atoms with E-state index in [1.165, 1.54) is 0 Å². The van der Waals surface area contributed by atoms with Crippen molar-refractivity contribution in [3.05, 3.63) is 29.8 Å². The van der Waals surface area contributed by atoms with Crippen LogP contribution in [0.2, 0.25) is 0 Å². The summed E-state index contributed by atoms with van der Waals surface area (Å²) < 4.78 is 0. The molecule has 2 fully saturated rings. The molecule has 5 nitrogen and oxygen atoms in total. The third-order valence-electron chi connectivity index (χ3n) is 3.79. The van der Waals surface area contributed by atoms with Crippen molar-refractivity contribution in [3.8, 4) is 6.07 Å². The van der Waals surface area contributed by atoms with Gasteiger partial charge in [-0.2, -0.15) is 5.26 Å². The Hall–Kier alpha value is -2.06. The minimum Gasteiger partial charge on any atom is -0.359 e. The molecule has 19 heavy (non-hydrogen) atoms. The molecular weight excluding hydrogens is 240 g/mol. The van der Waals surface area contributed by atoms with Crippen LogP contribution >= 0.6 is 0 Å². The van der Waals surface area contributed by atoms with Gasteiger partial charge in [0.05, 0.1) is 23.8 Å². The Morgan fingerprint density at radius 1 is 1.37 bits per heavy atom. The number of carbonyl (C=O) groups is 1. The number of amides is 1. The Balaban J connectivity index is 1.87. The van der Waals surface area contributed by atoms with Crippen LogP contribution < -0.4 is 10.2 Å². The van der Waals surface area contributed by atoms with Crippen molar-refractivity contribution >= 4 is 11.6 Å². The van der Waals surface area contributed by atoms with Crippen LogP contribution in [-0.2, 0) is 4.79 Å². The van der Waals surface area contributed by atoms with E-state index in [0.717, 1.165) is 31.9 Å². The fraction of sp³-hybridized carbons (Fsp3) is 0.429. The topological polar surface area (TPSA) is 59.4 Å². The van der Waals surface area contributed by atoms with E-state index in [9.17, 15) is 4.79 Å². The molecule has 0 bridgehead atoms. The fourth-order valence-electron chi connectivity index (χ4n) is 2.85. The molecule has 1 unspecified atom stereocenters. The average Bonchev–Trinajstić information content (AvgIpc) is 2.47. The van der Waals surface area contributed by atoms with E-state index in [1.54, 1.807) is 6.07 Å². The summed E-state index contributed by atoms with van der Waals surface area (Å²) in [6.07, 6.45) is 0. The molecular formula is C14H16N4O. The lowest BCUT2D eigenvalue weighted by atomic mass is 10.1. The van der Waals surface area contributed by atoms with Crippen LogP contribution in [0.4, 0.5) is 5.69 Å². The van der Waals surface area contributed by atoms with Gasteiger partial charge in [0.15, 0.2) is 0 Å². The fourth-order valence-corrected chi connectivity index (χ4v) is 2.85. The van der Waals surface area contributed by atoms with Crippen LogP contribution in [0.25, 0.3) is 0 Å². The normalized spacial score (nSPS) is 22.9. The second-order valence-electron chi connectivity index (χ2n) is 4.95. The number of benzene rings is 1. The Morgan fingerprint density at radius 3 is 3.05 bits per heavy atom. The van der Waals surface area contributed by atoms with Gasteiger partial charge in [-0.1, -0.05) is 12.1 Å². The maximum atomic E-state index is 12.2. The number of rotatable bonds is 1. The van der Waals surface area contributed by atoms with E-state index in [2.05, 4.69) is 11.4 Å². The number of nitriles is 1. The van der Waals surface area contributed by atoms with Gasteiger partial charge in [0.25, 0.3) is 0 Å². The van der Waals surface area contributed by atoms with Gasteiger partial charge >= 0.3 is 0 Å². The summed E-state index contributed by atoms with van der Waals surface area (Å²) in [6, 6.07) is 9.88. The first kappa shape index (κ1) is 12.0. The largest absolute Gasteiger partial charge is 0.359 e. The maximum absolute atomic E-state index is 12.2. The highest BCUT2D eigenvalue weighted by Gasteiger charge is 2.34. The van der Waals surface area contributed by atoms with E-state index >= 15 is 0 Å². The molecule has 2 saturated heterocycles. The minimum absolute atomic E-state index is 0.158. The summed E-state index contributed by atoms with van der Waals surface area (Å²) >= 11 is 0. The van der Waals surface area contributed by atoms with Crippen LogP contribution in [0.3, 0.4) is 0 Å². The molecule has 1 atom stereocenters.